The second-order valence-corrected chi connectivity index (χ2v) is 5.88. The Hall–Kier alpha value is -0.280. The van der Waals surface area contributed by atoms with Crippen molar-refractivity contribution in [1.29, 1.82) is 0 Å². The highest BCUT2D eigenvalue weighted by atomic mass is 35.5. The van der Waals surface area contributed by atoms with E-state index < -0.39 is 5.60 Å². The van der Waals surface area contributed by atoms with Crippen LogP contribution in [0, 0.1) is 5.92 Å². The molecule has 0 radical (unpaired) electrons. The maximum atomic E-state index is 10.9. The molecular weight excluding hydrogens is 269 g/mol. The third-order valence-corrected chi connectivity index (χ3v) is 4.15. The lowest BCUT2D eigenvalue weighted by atomic mass is 9.80. The van der Waals surface area contributed by atoms with Crippen LogP contribution in [0.1, 0.15) is 25.8 Å². The van der Waals surface area contributed by atoms with E-state index in [-0.39, 0.29) is 5.92 Å². The summed E-state index contributed by atoms with van der Waals surface area (Å²) in [6, 6.07) is 5.35. The molecule has 0 spiro atoms. The second-order valence-electron chi connectivity index (χ2n) is 5.07. The predicted octanol–water partition coefficient (Wildman–Crippen LogP) is 3.79. The summed E-state index contributed by atoms with van der Waals surface area (Å²) in [7, 11) is 4.00. The van der Waals surface area contributed by atoms with Gasteiger partial charge in [0, 0.05) is 12.5 Å². The summed E-state index contributed by atoms with van der Waals surface area (Å²) < 4.78 is 0. The van der Waals surface area contributed by atoms with Gasteiger partial charge in [-0.05, 0) is 38.2 Å². The fourth-order valence-corrected chi connectivity index (χ4v) is 2.60. The van der Waals surface area contributed by atoms with Crippen molar-refractivity contribution < 1.29 is 5.11 Å². The topological polar surface area (TPSA) is 23.5 Å². The molecule has 1 aromatic carbocycles. The van der Waals surface area contributed by atoms with E-state index in [1.807, 2.05) is 34.0 Å². The summed E-state index contributed by atoms with van der Waals surface area (Å²) in [5.41, 5.74) is -0.0489. The van der Waals surface area contributed by atoms with Gasteiger partial charge in [0.1, 0.15) is 0 Å². The Morgan fingerprint density at radius 1 is 1.28 bits per heavy atom. The quantitative estimate of drug-likeness (QED) is 0.892. The molecule has 0 saturated carbocycles. The summed E-state index contributed by atoms with van der Waals surface area (Å²) >= 11 is 11.9. The van der Waals surface area contributed by atoms with Gasteiger partial charge < -0.3 is 10.0 Å². The van der Waals surface area contributed by atoms with Crippen molar-refractivity contribution in [2.75, 3.05) is 20.6 Å². The maximum Gasteiger partial charge on any atom is 0.0932 e. The van der Waals surface area contributed by atoms with E-state index in [0.29, 0.717) is 16.5 Å². The van der Waals surface area contributed by atoms with Gasteiger partial charge in [-0.1, -0.05) is 43.1 Å². The van der Waals surface area contributed by atoms with Crippen LogP contribution in [-0.4, -0.2) is 30.6 Å². The molecule has 4 heteroatoms. The van der Waals surface area contributed by atoms with Crippen LogP contribution in [0.3, 0.4) is 0 Å². The molecule has 102 valence electrons. The van der Waals surface area contributed by atoms with E-state index in [4.69, 9.17) is 23.2 Å². The van der Waals surface area contributed by atoms with Crippen LogP contribution in [0.25, 0.3) is 0 Å². The first-order valence-corrected chi connectivity index (χ1v) is 6.89. The average molecular weight is 290 g/mol. The third kappa shape index (κ3) is 3.39. The molecule has 0 bridgehead atoms. The van der Waals surface area contributed by atoms with Gasteiger partial charge in [0.2, 0.25) is 0 Å². The summed E-state index contributed by atoms with van der Waals surface area (Å²) in [5.74, 6) is 0.106. The number of rotatable bonds is 5. The normalized spacial score (nSPS) is 16.7. The van der Waals surface area contributed by atoms with Crippen LogP contribution in [0.15, 0.2) is 18.2 Å². The summed E-state index contributed by atoms with van der Waals surface area (Å²) in [6.07, 6.45) is 0.639. The van der Waals surface area contributed by atoms with E-state index in [9.17, 15) is 5.11 Å². The Balaban J connectivity index is 3.09. The third-order valence-electron chi connectivity index (χ3n) is 3.41. The molecule has 0 heterocycles. The van der Waals surface area contributed by atoms with Crippen LogP contribution in [0.5, 0.6) is 0 Å². The molecular formula is C14H21Cl2NO. The van der Waals surface area contributed by atoms with E-state index >= 15 is 0 Å². The minimum atomic E-state index is -0.876. The van der Waals surface area contributed by atoms with Crippen LogP contribution in [0.4, 0.5) is 0 Å². The van der Waals surface area contributed by atoms with Gasteiger partial charge >= 0.3 is 0 Å². The molecule has 1 rings (SSSR count). The number of hydrogen-bond donors (Lipinski definition) is 1. The fraction of sp³-hybridized carbons (Fsp3) is 0.571. The van der Waals surface area contributed by atoms with Crippen molar-refractivity contribution in [3.8, 4) is 0 Å². The van der Waals surface area contributed by atoms with Crippen LogP contribution in [0.2, 0.25) is 10.0 Å². The smallest absolute Gasteiger partial charge is 0.0932 e. The molecule has 0 fully saturated rings. The molecule has 18 heavy (non-hydrogen) atoms. The first-order valence-electron chi connectivity index (χ1n) is 6.14. The lowest BCUT2D eigenvalue weighted by Gasteiger charge is -2.35. The first-order chi connectivity index (χ1) is 8.31. The highest BCUT2D eigenvalue weighted by Gasteiger charge is 2.34. The zero-order valence-electron chi connectivity index (χ0n) is 11.4. The molecule has 1 N–H and O–H groups in total. The molecule has 2 nitrogen and oxygen atoms in total. The number of aliphatic hydroxyl groups is 1. The fourth-order valence-electron chi connectivity index (χ4n) is 2.30. The van der Waals surface area contributed by atoms with E-state index in [2.05, 4.69) is 4.90 Å². The van der Waals surface area contributed by atoms with Crippen molar-refractivity contribution in [2.45, 2.75) is 25.9 Å². The van der Waals surface area contributed by atoms with Gasteiger partial charge in [0.05, 0.1) is 15.6 Å². The number of nitrogens with zero attached hydrogens (tertiary/aromatic N) is 1. The standard InChI is InChI=1S/C14H21Cl2NO/c1-5-14(18,10(2)9-17(3)4)11-6-7-12(15)13(16)8-11/h6-8,10,18H,5,9H2,1-4H3/t10?,14-/m1/s1. The van der Waals surface area contributed by atoms with E-state index in [0.717, 1.165) is 12.1 Å². The second kappa shape index (κ2) is 6.25. The lowest BCUT2D eigenvalue weighted by molar-refractivity contribution is -0.0291. The molecule has 0 aromatic heterocycles. The molecule has 0 saturated heterocycles. The maximum absolute atomic E-state index is 10.9. The Morgan fingerprint density at radius 2 is 1.89 bits per heavy atom. The summed E-state index contributed by atoms with van der Waals surface area (Å²) in [6.45, 7) is 4.84. The molecule has 0 aliphatic rings. The van der Waals surface area contributed by atoms with Gasteiger partial charge in [0.25, 0.3) is 0 Å². The summed E-state index contributed by atoms with van der Waals surface area (Å²) in [5, 5.41) is 11.9. The van der Waals surface area contributed by atoms with Crippen molar-refractivity contribution >= 4 is 23.2 Å². The van der Waals surface area contributed by atoms with Crippen LogP contribution >= 0.6 is 23.2 Å². The van der Waals surface area contributed by atoms with Crippen molar-refractivity contribution in [3.63, 3.8) is 0 Å². The van der Waals surface area contributed by atoms with Crippen molar-refractivity contribution in [2.24, 2.45) is 5.92 Å². The minimum absolute atomic E-state index is 0.106. The summed E-state index contributed by atoms with van der Waals surface area (Å²) in [4.78, 5) is 2.07. The predicted molar refractivity (Wildman–Crippen MR) is 78.4 cm³/mol. The van der Waals surface area contributed by atoms with E-state index in [1.165, 1.54) is 0 Å². The SMILES string of the molecule is CC[C@](O)(c1ccc(Cl)c(Cl)c1)C(C)CN(C)C. The molecule has 0 aliphatic carbocycles. The molecule has 2 atom stereocenters. The number of halogens is 2. The van der Waals surface area contributed by atoms with Crippen LogP contribution in [-0.2, 0) is 5.60 Å². The van der Waals surface area contributed by atoms with Gasteiger partial charge in [0.15, 0.2) is 0 Å². The number of benzene rings is 1. The molecule has 0 amide bonds. The average Bonchev–Trinajstić information content (AvgIpc) is 2.30. The van der Waals surface area contributed by atoms with Crippen molar-refractivity contribution in [3.05, 3.63) is 33.8 Å². The largest absolute Gasteiger partial charge is 0.385 e. The minimum Gasteiger partial charge on any atom is -0.385 e. The Morgan fingerprint density at radius 3 is 2.33 bits per heavy atom. The van der Waals surface area contributed by atoms with Gasteiger partial charge in [-0.3, -0.25) is 0 Å². The van der Waals surface area contributed by atoms with Crippen LogP contribution < -0.4 is 0 Å². The highest BCUT2D eigenvalue weighted by Crippen LogP contribution is 2.36. The lowest BCUT2D eigenvalue weighted by Crippen LogP contribution is -2.38. The number of hydrogen-bond acceptors (Lipinski definition) is 2. The molecule has 0 aliphatic heterocycles. The Kier molecular flexibility index (Phi) is 5.47. The monoisotopic (exact) mass is 289 g/mol. The molecule has 1 aromatic rings. The van der Waals surface area contributed by atoms with Gasteiger partial charge in [-0.15, -0.1) is 0 Å². The van der Waals surface area contributed by atoms with Gasteiger partial charge in [-0.2, -0.15) is 0 Å². The Bertz CT molecular complexity index is 409. The highest BCUT2D eigenvalue weighted by molar-refractivity contribution is 6.42. The van der Waals surface area contributed by atoms with Gasteiger partial charge in [-0.25, -0.2) is 0 Å². The van der Waals surface area contributed by atoms with Crippen molar-refractivity contribution in [1.82, 2.24) is 4.90 Å². The molecule has 1 unspecified atom stereocenters. The van der Waals surface area contributed by atoms with E-state index in [1.54, 1.807) is 12.1 Å². The zero-order chi connectivity index (χ0) is 13.9. The Labute approximate surface area is 120 Å². The zero-order valence-corrected chi connectivity index (χ0v) is 12.9. The first kappa shape index (κ1) is 15.8.